The molecule has 0 spiro atoms. The minimum Gasteiger partial charge on any atom is -0.457 e. The van der Waals surface area contributed by atoms with E-state index in [-0.39, 0.29) is 16.6 Å². The van der Waals surface area contributed by atoms with E-state index in [1.807, 2.05) is 0 Å². The van der Waals surface area contributed by atoms with Gasteiger partial charge in [0.15, 0.2) is 0 Å². The Hall–Kier alpha value is -1.20. The monoisotopic (exact) mass is 378 g/mol. The van der Waals surface area contributed by atoms with Crippen LogP contribution in [-0.2, 0) is 11.5 Å². The van der Waals surface area contributed by atoms with Crippen molar-refractivity contribution >= 4 is 27.5 Å². The molecule has 2 aromatic rings. The molecule has 0 bridgehead atoms. The average Bonchev–Trinajstić information content (AvgIpc) is 2.42. The van der Waals surface area contributed by atoms with Crippen LogP contribution in [0.2, 0.25) is 5.02 Å². The van der Waals surface area contributed by atoms with Gasteiger partial charge < -0.3 is 4.74 Å². The predicted molar refractivity (Wildman–Crippen MR) is 80.3 cm³/mol. The second kappa shape index (κ2) is 6.28. The highest BCUT2D eigenvalue weighted by atomic mass is 79.9. The Labute approximate surface area is 133 Å². The third kappa shape index (κ3) is 3.92. The second-order valence-electron chi connectivity index (χ2n) is 4.46. The molecule has 0 aliphatic heterocycles. The van der Waals surface area contributed by atoms with E-state index in [0.717, 1.165) is 11.6 Å². The number of aryl methyl sites for hydroxylation is 1. The van der Waals surface area contributed by atoms with Crippen LogP contribution < -0.4 is 4.74 Å². The molecule has 0 aromatic heterocycles. The van der Waals surface area contributed by atoms with Gasteiger partial charge in [0.25, 0.3) is 0 Å². The van der Waals surface area contributed by atoms with Gasteiger partial charge in [0.05, 0.1) is 5.56 Å². The summed E-state index contributed by atoms with van der Waals surface area (Å²) in [4.78, 5) is 0. The summed E-state index contributed by atoms with van der Waals surface area (Å²) in [5.74, 6) is 0.574. The summed E-state index contributed by atoms with van der Waals surface area (Å²) in [7, 11) is 0. The highest BCUT2D eigenvalue weighted by molar-refractivity contribution is 9.08. The maximum atomic E-state index is 13.0. The SMILES string of the molecule is Cc1cc(Oc2ccc(CBr)c(C(F)(F)F)c2)ccc1Cl. The molecule has 0 aliphatic carbocycles. The summed E-state index contributed by atoms with van der Waals surface area (Å²) < 4.78 is 44.4. The molecule has 1 nitrogen and oxygen atoms in total. The summed E-state index contributed by atoms with van der Waals surface area (Å²) >= 11 is 8.95. The normalized spacial score (nSPS) is 11.5. The lowest BCUT2D eigenvalue weighted by atomic mass is 10.1. The van der Waals surface area contributed by atoms with Crippen LogP contribution in [0.3, 0.4) is 0 Å². The molecule has 0 heterocycles. The van der Waals surface area contributed by atoms with E-state index < -0.39 is 11.7 Å². The molecule has 6 heteroatoms. The van der Waals surface area contributed by atoms with Gasteiger partial charge in [-0.1, -0.05) is 33.6 Å². The van der Waals surface area contributed by atoms with Crippen LogP contribution in [0.4, 0.5) is 13.2 Å². The Balaban J connectivity index is 2.34. The number of alkyl halides is 4. The van der Waals surface area contributed by atoms with Crippen LogP contribution in [-0.4, -0.2) is 0 Å². The van der Waals surface area contributed by atoms with Crippen molar-refractivity contribution in [1.82, 2.24) is 0 Å². The first kappa shape index (κ1) is 16.2. The van der Waals surface area contributed by atoms with E-state index in [1.165, 1.54) is 12.1 Å². The van der Waals surface area contributed by atoms with Crippen LogP contribution in [0.5, 0.6) is 11.5 Å². The van der Waals surface area contributed by atoms with Gasteiger partial charge in [-0.25, -0.2) is 0 Å². The first-order valence-corrected chi connectivity index (χ1v) is 7.51. The van der Waals surface area contributed by atoms with E-state index in [2.05, 4.69) is 15.9 Å². The van der Waals surface area contributed by atoms with Gasteiger partial charge in [0.1, 0.15) is 11.5 Å². The zero-order chi connectivity index (χ0) is 15.6. The molecule has 0 fully saturated rings. The standard InChI is InChI=1S/C15H11BrClF3O/c1-9-6-11(4-5-14(9)17)21-12-3-2-10(8-16)13(7-12)15(18,19)20/h2-7H,8H2,1H3. The smallest absolute Gasteiger partial charge is 0.416 e. The summed E-state index contributed by atoms with van der Waals surface area (Å²) in [6.07, 6.45) is -4.42. The highest BCUT2D eigenvalue weighted by Crippen LogP contribution is 2.36. The third-order valence-electron chi connectivity index (χ3n) is 2.90. The van der Waals surface area contributed by atoms with E-state index >= 15 is 0 Å². The fourth-order valence-electron chi connectivity index (χ4n) is 1.82. The van der Waals surface area contributed by atoms with Crippen LogP contribution in [0.1, 0.15) is 16.7 Å². The van der Waals surface area contributed by atoms with Crippen molar-refractivity contribution in [2.24, 2.45) is 0 Å². The van der Waals surface area contributed by atoms with Gasteiger partial charge in [0.2, 0.25) is 0 Å². The Kier molecular flexibility index (Phi) is 4.84. The number of hydrogen-bond acceptors (Lipinski definition) is 1. The Morgan fingerprint density at radius 2 is 1.71 bits per heavy atom. The van der Waals surface area contributed by atoms with Crippen molar-refractivity contribution in [3.8, 4) is 11.5 Å². The van der Waals surface area contributed by atoms with Gasteiger partial charge in [-0.2, -0.15) is 13.2 Å². The zero-order valence-electron chi connectivity index (χ0n) is 11.0. The van der Waals surface area contributed by atoms with Crippen molar-refractivity contribution in [2.45, 2.75) is 18.4 Å². The highest BCUT2D eigenvalue weighted by Gasteiger charge is 2.33. The van der Waals surface area contributed by atoms with Gasteiger partial charge in [-0.15, -0.1) is 0 Å². The zero-order valence-corrected chi connectivity index (χ0v) is 13.3. The summed E-state index contributed by atoms with van der Waals surface area (Å²) in [5.41, 5.74) is 0.256. The van der Waals surface area contributed by atoms with Crippen molar-refractivity contribution in [3.05, 3.63) is 58.1 Å². The molecule has 0 radical (unpaired) electrons. The quantitative estimate of drug-likeness (QED) is 0.564. The minimum absolute atomic E-state index is 0.127. The summed E-state index contributed by atoms with van der Waals surface area (Å²) in [5, 5.41) is 0.704. The van der Waals surface area contributed by atoms with E-state index in [9.17, 15) is 13.2 Å². The Bertz CT molecular complexity index is 656. The summed E-state index contributed by atoms with van der Waals surface area (Å²) in [6, 6.07) is 8.84. The summed E-state index contributed by atoms with van der Waals surface area (Å²) in [6.45, 7) is 1.80. The molecule has 2 rings (SSSR count). The van der Waals surface area contributed by atoms with Crippen LogP contribution in [0, 0.1) is 6.92 Å². The maximum Gasteiger partial charge on any atom is 0.416 e. The molecule has 21 heavy (non-hydrogen) atoms. The van der Waals surface area contributed by atoms with Gasteiger partial charge >= 0.3 is 6.18 Å². The largest absolute Gasteiger partial charge is 0.457 e. The first-order valence-electron chi connectivity index (χ1n) is 6.01. The topological polar surface area (TPSA) is 9.23 Å². The molecule has 0 amide bonds. The molecule has 2 aromatic carbocycles. The number of halogens is 5. The van der Waals surface area contributed by atoms with E-state index in [4.69, 9.17) is 16.3 Å². The lowest BCUT2D eigenvalue weighted by Gasteiger charge is -2.14. The lowest BCUT2D eigenvalue weighted by Crippen LogP contribution is -2.08. The van der Waals surface area contributed by atoms with Crippen LogP contribution in [0.15, 0.2) is 36.4 Å². The van der Waals surface area contributed by atoms with E-state index in [0.29, 0.717) is 10.8 Å². The van der Waals surface area contributed by atoms with Crippen LogP contribution in [0.25, 0.3) is 0 Å². The van der Waals surface area contributed by atoms with Crippen molar-refractivity contribution in [2.75, 3.05) is 0 Å². The Morgan fingerprint density at radius 3 is 2.29 bits per heavy atom. The van der Waals surface area contributed by atoms with E-state index in [1.54, 1.807) is 25.1 Å². The fraction of sp³-hybridized carbons (Fsp3) is 0.200. The molecule has 0 atom stereocenters. The first-order chi connectivity index (χ1) is 9.81. The molecular formula is C15H11BrClF3O. The molecular weight excluding hydrogens is 369 g/mol. The number of hydrogen-bond donors (Lipinski definition) is 0. The Morgan fingerprint density at radius 1 is 1.10 bits per heavy atom. The predicted octanol–water partition coefficient (Wildman–Crippen LogP) is 6.35. The third-order valence-corrected chi connectivity index (χ3v) is 3.92. The van der Waals surface area contributed by atoms with Crippen molar-refractivity contribution < 1.29 is 17.9 Å². The lowest BCUT2D eigenvalue weighted by molar-refractivity contribution is -0.138. The van der Waals surface area contributed by atoms with Crippen molar-refractivity contribution in [3.63, 3.8) is 0 Å². The molecule has 0 saturated carbocycles. The second-order valence-corrected chi connectivity index (χ2v) is 5.43. The van der Waals surface area contributed by atoms with Gasteiger partial charge in [-0.3, -0.25) is 0 Å². The molecule has 0 N–H and O–H groups in total. The molecule has 0 aliphatic rings. The average molecular weight is 380 g/mol. The van der Waals surface area contributed by atoms with Crippen molar-refractivity contribution in [1.29, 1.82) is 0 Å². The molecule has 0 unspecified atom stereocenters. The fourth-order valence-corrected chi connectivity index (χ4v) is 2.42. The minimum atomic E-state index is -4.42. The number of rotatable bonds is 3. The van der Waals surface area contributed by atoms with Crippen LogP contribution >= 0.6 is 27.5 Å². The van der Waals surface area contributed by atoms with Gasteiger partial charge in [-0.05, 0) is 48.4 Å². The maximum absolute atomic E-state index is 13.0. The number of benzene rings is 2. The molecule has 112 valence electrons. The number of ether oxygens (including phenoxy) is 1. The molecule has 0 saturated heterocycles. The van der Waals surface area contributed by atoms with Gasteiger partial charge in [0, 0.05) is 10.4 Å².